The maximum atomic E-state index is 11.3. The van der Waals surface area contributed by atoms with Crippen molar-refractivity contribution in [3.63, 3.8) is 0 Å². The van der Waals surface area contributed by atoms with Crippen LogP contribution < -0.4 is 0 Å². The second-order valence-electron chi connectivity index (χ2n) is 5.22. The van der Waals surface area contributed by atoms with Gasteiger partial charge in [0, 0.05) is 18.2 Å². The van der Waals surface area contributed by atoms with Crippen molar-refractivity contribution in [2.24, 2.45) is 5.92 Å². The van der Waals surface area contributed by atoms with Crippen molar-refractivity contribution in [2.75, 3.05) is 19.6 Å². The van der Waals surface area contributed by atoms with E-state index in [1.54, 1.807) is 11.3 Å². The lowest BCUT2D eigenvalue weighted by Crippen LogP contribution is -2.31. The number of hydrogen-bond acceptors (Lipinski definition) is 4. The molecule has 0 N–H and O–H groups in total. The highest BCUT2D eigenvalue weighted by Crippen LogP contribution is 2.20. The zero-order valence-electron chi connectivity index (χ0n) is 13.1. The Kier molecular flexibility index (Phi) is 7.85. The predicted molar refractivity (Wildman–Crippen MR) is 85.1 cm³/mol. The van der Waals surface area contributed by atoms with Gasteiger partial charge in [0.1, 0.15) is 6.10 Å². The summed E-state index contributed by atoms with van der Waals surface area (Å²) in [6.07, 6.45) is 1.88. The van der Waals surface area contributed by atoms with Gasteiger partial charge in [-0.05, 0) is 43.4 Å². The van der Waals surface area contributed by atoms with Crippen LogP contribution in [0.5, 0.6) is 0 Å². The summed E-state index contributed by atoms with van der Waals surface area (Å²) in [5.41, 5.74) is 0. The minimum Gasteiger partial charge on any atom is -0.462 e. The Bertz CT molecular complexity index is 374. The number of rotatable bonds is 9. The monoisotopic (exact) mass is 297 g/mol. The molecule has 0 spiro atoms. The average Bonchev–Trinajstić information content (AvgIpc) is 2.91. The maximum absolute atomic E-state index is 11.3. The van der Waals surface area contributed by atoms with Crippen LogP contribution in [-0.4, -0.2) is 36.6 Å². The Hall–Kier alpha value is -0.870. The Balaban J connectivity index is 2.55. The van der Waals surface area contributed by atoms with E-state index in [0.717, 1.165) is 32.5 Å². The van der Waals surface area contributed by atoms with Crippen molar-refractivity contribution in [3.8, 4) is 0 Å². The fourth-order valence-corrected chi connectivity index (χ4v) is 3.06. The second kappa shape index (κ2) is 9.14. The van der Waals surface area contributed by atoms with E-state index < -0.39 is 0 Å². The van der Waals surface area contributed by atoms with Crippen molar-refractivity contribution in [1.29, 1.82) is 0 Å². The quantitative estimate of drug-likeness (QED) is 0.652. The second-order valence-corrected chi connectivity index (χ2v) is 6.26. The zero-order chi connectivity index (χ0) is 15.0. The van der Waals surface area contributed by atoms with Crippen molar-refractivity contribution in [3.05, 3.63) is 22.4 Å². The Labute approximate surface area is 126 Å². The topological polar surface area (TPSA) is 29.5 Å². The summed E-state index contributed by atoms with van der Waals surface area (Å²) < 4.78 is 5.53. The first-order valence-electron chi connectivity index (χ1n) is 7.48. The lowest BCUT2D eigenvalue weighted by atomic mass is 9.97. The van der Waals surface area contributed by atoms with E-state index in [4.69, 9.17) is 4.74 Å². The third-order valence-electron chi connectivity index (χ3n) is 3.73. The van der Waals surface area contributed by atoms with Gasteiger partial charge in [-0.15, -0.1) is 11.3 Å². The van der Waals surface area contributed by atoms with Crippen molar-refractivity contribution in [2.45, 2.75) is 46.6 Å². The molecule has 0 bridgehead atoms. The standard InChI is InChI=1S/C16H27NO2S/c1-5-17(6-2)10-9-13(3)16(19-14(4)18)12-15-8-7-11-20-15/h7-8,11,13,16H,5-6,9-10,12H2,1-4H3/t13-,16-/m1/s1. The fourth-order valence-electron chi connectivity index (χ4n) is 2.31. The summed E-state index contributed by atoms with van der Waals surface area (Å²) in [6.45, 7) is 11.3. The van der Waals surface area contributed by atoms with E-state index in [9.17, 15) is 4.79 Å². The zero-order valence-corrected chi connectivity index (χ0v) is 13.9. The number of nitrogens with zero attached hydrogens (tertiary/aromatic N) is 1. The van der Waals surface area contributed by atoms with Crippen molar-refractivity contribution in [1.82, 2.24) is 4.90 Å². The highest BCUT2D eigenvalue weighted by atomic mass is 32.1. The van der Waals surface area contributed by atoms with Crippen LogP contribution in [0.2, 0.25) is 0 Å². The molecule has 0 fully saturated rings. The Morgan fingerprint density at radius 3 is 2.60 bits per heavy atom. The fraction of sp³-hybridized carbons (Fsp3) is 0.688. The molecule has 0 unspecified atom stereocenters. The van der Waals surface area contributed by atoms with Gasteiger partial charge in [0.05, 0.1) is 0 Å². The van der Waals surface area contributed by atoms with Crippen LogP contribution in [0.1, 0.15) is 39.0 Å². The summed E-state index contributed by atoms with van der Waals surface area (Å²) in [5, 5.41) is 2.07. The SMILES string of the molecule is CCN(CC)CC[C@@H](C)[C@@H](Cc1cccs1)OC(C)=O. The molecule has 20 heavy (non-hydrogen) atoms. The van der Waals surface area contributed by atoms with Crippen molar-refractivity contribution < 1.29 is 9.53 Å². The van der Waals surface area contributed by atoms with Gasteiger partial charge in [-0.2, -0.15) is 0 Å². The van der Waals surface area contributed by atoms with Crippen molar-refractivity contribution >= 4 is 17.3 Å². The summed E-state index contributed by atoms with van der Waals surface area (Å²) in [5.74, 6) is 0.197. The van der Waals surface area contributed by atoms with Gasteiger partial charge in [-0.1, -0.05) is 26.8 Å². The number of hydrogen-bond donors (Lipinski definition) is 0. The van der Waals surface area contributed by atoms with Gasteiger partial charge in [0.25, 0.3) is 0 Å². The normalized spacial score (nSPS) is 14.2. The molecule has 2 atom stereocenters. The summed E-state index contributed by atoms with van der Waals surface area (Å²) in [7, 11) is 0. The third-order valence-corrected chi connectivity index (χ3v) is 4.63. The van der Waals surface area contributed by atoms with Gasteiger partial charge in [0.2, 0.25) is 0 Å². The van der Waals surface area contributed by atoms with E-state index in [1.807, 2.05) is 6.07 Å². The van der Waals surface area contributed by atoms with Crippen LogP contribution in [0.3, 0.4) is 0 Å². The first-order valence-corrected chi connectivity index (χ1v) is 8.36. The summed E-state index contributed by atoms with van der Waals surface area (Å²) in [6, 6.07) is 4.16. The first-order chi connectivity index (χ1) is 9.56. The Morgan fingerprint density at radius 2 is 2.10 bits per heavy atom. The van der Waals surface area contributed by atoms with E-state index in [-0.39, 0.29) is 12.1 Å². The van der Waals surface area contributed by atoms with E-state index in [1.165, 1.54) is 11.8 Å². The molecular weight excluding hydrogens is 270 g/mol. The molecule has 1 rings (SSSR count). The molecule has 1 heterocycles. The molecule has 3 nitrogen and oxygen atoms in total. The molecule has 4 heteroatoms. The van der Waals surface area contributed by atoms with Gasteiger partial charge < -0.3 is 9.64 Å². The molecule has 0 aliphatic carbocycles. The minimum absolute atomic E-state index is 0.0123. The molecule has 1 aromatic rings. The Morgan fingerprint density at radius 1 is 1.40 bits per heavy atom. The number of carbonyl (C=O) groups is 1. The molecule has 0 saturated heterocycles. The van der Waals surface area contributed by atoms with E-state index in [2.05, 4.69) is 37.1 Å². The predicted octanol–water partition coefficient (Wildman–Crippen LogP) is 3.59. The lowest BCUT2D eigenvalue weighted by Gasteiger charge is -2.26. The third kappa shape index (κ3) is 6.06. The summed E-state index contributed by atoms with van der Waals surface area (Å²) >= 11 is 1.73. The lowest BCUT2D eigenvalue weighted by molar-refractivity contribution is -0.148. The smallest absolute Gasteiger partial charge is 0.302 e. The highest BCUT2D eigenvalue weighted by molar-refractivity contribution is 7.09. The van der Waals surface area contributed by atoms with Crippen LogP contribution in [0, 0.1) is 5.92 Å². The molecule has 0 amide bonds. The molecule has 0 saturated carbocycles. The number of thiophene rings is 1. The van der Waals surface area contributed by atoms with E-state index in [0.29, 0.717) is 5.92 Å². The van der Waals surface area contributed by atoms with Crippen LogP contribution in [0.4, 0.5) is 0 Å². The molecule has 0 radical (unpaired) electrons. The van der Waals surface area contributed by atoms with Gasteiger partial charge in [-0.3, -0.25) is 4.79 Å². The molecule has 0 aliphatic heterocycles. The number of ether oxygens (including phenoxy) is 1. The largest absolute Gasteiger partial charge is 0.462 e. The van der Waals surface area contributed by atoms with Crippen LogP contribution in [-0.2, 0) is 16.0 Å². The molecule has 114 valence electrons. The van der Waals surface area contributed by atoms with Gasteiger partial charge in [0.15, 0.2) is 0 Å². The van der Waals surface area contributed by atoms with Crippen LogP contribution in [0.15, 0.2) is 17.5 Å². The van der Waals surface area contributed by atoms with Crippen LogP contribution >= 0.6 is 11.3 Å². The summed E-state index contributed by atoms with van der Waals surface area (Å²) in [4.78, 5) is 15.0. The van der Waals surface area contributed by atoms with Gasteiger partial charge in [-0.25, -0.2) is 0 Å². The van der Waals surface area contributed by atoms with E-state index >= 15 is 0 Å². The average molecular weight is 297 g/mol. The molecule has 0 aliphatic rings. The maximum Gasteiger partial charge on any atom is 0.302 e. The van der Waals surface area contributed by atoms with Gasteiger partial charge >= 0.3 is 5.97 Å². The molecule has 0 aromatic carbocycles. The highest BCUT2D eigenvalue weighted by Gasteiger charge is 2.21. The number of esters is 1. The first kappa shape index (κ1) is 17.2. The molecule has 1 aromatic heterocycles. The van der Waals surface area contributed by atoms with Crippen LogP contribution in [0.25, 0.3) is 0 Å². The number of carbonyl (C=O) groups excluding carboxylic acids is 1. The minimum atomic E-state index is -0.179. The molecular formula is C16H27NO2S.